The summed E-state index contributed by atoms with van der Waals surface area (Å²) in [6.45, 7) is 2.91. The first-order valence-electron chi connectivity index (χ1n) is 6.34. The van der Waals surface area contributed by atoms with Gasteiger partial charge in [0.1, 0.15) is 0 Å². The van der Waals surface area contributed by atoms with Gasteiger partial charge in [-0.2, -0.15) is 0 Å². The molecular weight excluding hydrogens is 294 g/mol. The molecule has 0 bridgehead atoms. The summed E-state index contributed by atoms with van der Waals surface area (Å²) in [4.78, 5) is 4.49. The first-order chi connectivity index (χ1) is 9.62. The third kappa shape index (κ3) is 4.03. The van der Waals surface area contributed by atoms with Crippen molar-refractivity contribution < 1.29 is 8.42 Å². The molecule has 0 fully saturated rings. The number of thiazole rings is 1. The van der Waals surface area contributed by atoms with Gasteiger partial charge in [-0.15, -0.1) is 11.3 Å². The van der Waals surface area contributed by atoms with Crippen molar-refractivity contribution in [3.05, 3.63) is 40.8 Å². The Morgan fingerprint density at radius 2 is 2.00 bits per heavy atom. The van der Waals surface area contributed by atoms with E-state index in [9.17, 15) is 8.42 Å². The van der Waals surface area contributed by atoms with Gasteiger partial charge >= 0.3 is 0 Å². The Labute approximate surface area is 123 Å². The lowest BCUT2D eigenvalue weighted by molar-refractivity contribution is 0.584. The van der Waals surface area contributed by atoms with Gasteiger partial charge in [0.2, 0.25) is 10.0 Å². The van der Waals surface area contributed by atoms with E-state index >= 15 is 0 Å². The zero-order valence-electron chi connectivity index (χ0n) is 11.2. The molecule has 0 amide bonds. The number of hydrogen-bond acceptors (Lipinski definition) is 5. The Morgan fingerprint density at radius 1 is 1.25 bits per heavy atom. The average molecular weight is 311 g/mol. The van der Waals surface area contributed by atoms with Crippen LogP contribution in [0.3, 0.4) is 0 Å². The smallest absolute Gasteiger partial charge is 0.240 e. The Bertz CT molecular complexity index is 622. The topological polar surface area (TPSA) is 71.1 Å². The maximum Gasteiger partial charge on any atom is 0.240 e. The van der Waals surface area contributed by atoms with Gasteiger partial charge in [-0.25, -0.2) is 18.1 Å². The van der Waals surface area contributed by atoms with Crippen LogP contribution in [0.1, 0.15) is 11.9 Å². The summed E-state index contributed by atoms with van der Waals surface area (Å²) in [5.74, 6) is 0. The summed E-state index contributed by atoms with van der Waals surface area (Å²) in [6, 6.07) is 6.74. The molecule has 0 saturated heterocycles. The molecule has 2 aromatic rings. The van der Waals surface area contributed by atoms with E-state index in [1.165, 1.54) is 0 Å². The number of benzene rings is 1. The lowest BCUT2D eigenvalue weighted by atomic mass is 10.3. The molecule has 108 valence electrons. The first-order valence-corrected chi connectivity index (χ1v) is 8.70. The summed E-state index contributed by atoms with van der Waals surface area (Å²) in [6.07, 6.45) is 2.65. The van der Waals surface area contributed by atoms with Crippen LogP contribution >= 0.6 is 11.3 Å². The second kappa shape index (κ2) is 6.83. The molecule has 0 radical (unpaired) electrons. The van der Waals surface area contributed by atoms with E-state index in [2.05, 4.69) is 15.0 Å². The highest BCUT2D eigenvalue weighted by molar-refractivity contribution is 7.89. The van der Waals surface area contributed by atoms with Crippen molar-refractivity contribution in [1.82, 2.24) is 9.71 Å². The summed E-state index contributed by atoms with van der Waals surface area (Å²) in [7, 11) is -3.37. The minimum atomic E-state index is -3.37. The zero-order valence-corrected chi connectivity index (χ0v) is 12.8. The van der Waals surface area contributed by atoms with Crippen molar-refractivity contribution in [3.8, 4) is 0 Å². The van der Waals surface area contributed by atoms with Crippen molar-refractivity contribution in [2.75, 3.05) is 18.4 Å². The van der Waals surface area contributed by atoms with E-state index in [4.69, 9.17) is 0 Å². The molecule has 0 atom stereocenters. The number of nitrogens with zero attached hydrogens (tertiary/aromatic N) is 1. The van der Waals surface area contributed by atoms with E-state index in [0.29, 0.717) is 6.54 Å². The van der Waals surface area contributed by atoms with Crippen molar-refractivity contribution in [3.63, 3.8) is 0 Å². The summed E-state index contributed by atoms with van der Waals surface area (Å²) < 4.78 is 26.0. The Morgan fingerprint density at radius 3 is 2.60 bits per heavy atom. The standard InChI is InChI=1S/C13H17N3O2S2/c1-2-16-20(17,18)12-5-3-11(4-6-12)14-8-7-13-15-9-10-19-13/h3-6,9-10,14,16H,2,7-8H2,1H3. The quantitative estimate of drug-likeness (QED) is 0.821. The second-order valence-corrected chi connectivity index (χ2v) is 6.87. The molecule has 7 heteroatoms. The minimum Gasteiger partial charge on any atom is -0.385 e. The molecule has 1 heterocycles. The molecule has 2 rings (SSSR count). The lowest BCUT2D eigenvalue weighted by Gasteiger charge is -2.07. The van der Waals surface area contributed by atoms with Gasteiger partial charge in [0.25, 0.3) is 0 Å². The van der Waals surface area contributed by atoms with Crippen LogP contribution in [0.15, 0.2) is 40.7 Å². The highest BCUT2D eigenvalue weighted by Gasteiger charge is 2.11. The Balaban J connectivity index is 1.91. The third-order valence-electron chi connectivity index (χ3n) is 2.65. The van der Waals surface area contributed by atoms with Crippen molar-refractivity contribution in [1.29, 1.82) is 0 Å². The third-order valence-corrected chi connectivity index (χ3v) is 5.05. The fourth-order valence-corrected chi connectivity index (χ4v) is 3.38. The monoisotopic (exact) mass is 311 g/mol. The molecule has 0 unspecified atom stereocenters. The fourth-order valence-electron chi connectivity index (χ4n) is 1.72. The van der Waals surface area contributed by atoms with Crippen molar-refractivity contribution in [2.45, 2.75) is 18.2 Å². The minimum absolute atomic E-state index is 0.282. The fraction of sp³-hybridized carbons (Fsp3) is 0.308. The van der Waals surface area contributed by atoms with E-state index in [1.807, 2.05) is 5.38 Å². The molecule has 5 nitrogen and oxygen atoms in total. The largest absolute Gasteiger partial charge is 0.385 e. The van der Waals surface area contributed by atoms with Crippen LogP contribution in [0.2, 0.25) is 0 Å². The Kier molecular flexibility index (Phi) is 5.11. The van der Waals surface area contributed by atoms with Crippen LogP contribution in [-0.2, 0) is 16.4 Å². The van der Waals surface area contributed by atoms with E-state index in [-0.39, 0.29) is 4.90 Å². The molecule has 0 aliphatic carbocycles. The van der Waals surface area contributed by atoms with Crippen LogP contribution in [0.4, 0.5) is 5.69 Å². The average Bonchev–Trinajstić information content (AvgIpc) is 2.92. The van der Waals surface area contributed by atoms with Gasteiger partial charge in [-0.1, -0.05) is 6.92 Å². The summed E-state index contributed by atoms with van der Waals surface area (Å²) in [5, 5.41) is 6.29. The number of anilines is 1. The van der Waals surface area contributed by atoms with Crippen molar-refractivity contribution in [2.24, 2.45) is 0 Å². The van der Waals surface area contributed by atoms with Gasteiger partial charge in [0.05, 0.1) is 9.90 Å². The number of nitrogens with one attached hydrogen (secondary N) is 2. The molecule has 1 aromatic heterocycles. The van der Waals surface area contributed by atoms with Crippen molar-refractivity contribution >= 4 is 27.0 Å². The number of sulfonamides is 1. The highest BCUT2D eigenvalue weighted by Crippen LogP contribution is 2.14. The molecule has 0 saturated carbocycles. The maximum absolute atomic E-state index is 11.8. The van der Waals surface area contributed by atoms with Crippen LogP contribution in [-0.4, -0.2) is 26.5 Å². The number of hydrogen-bond donors (Lipinski definition) is 2. The molecule has 1 aromatic carbocycles. The van der Waals surface area contributed by atoms with E-state index in [1.54, 1.807) is 48.7 Å². The van der Waals surface area contributed by atoms with Gasteiger partial charge in [0, 0.05) is 36.8 Å². The molecule has 0 aliphatic rings. The molecule has 20 heavy (non-hydrogen) atoms. The van der Waals surface area contributed by atoms with E-state index < -0.39 is 10.0 Å². The summed E-state index contributed by atoms with van der Waals surface area (Å²) in [5.41, 5.74) is 0.900. The number of aromatic nitrogens is 1. The zero-order chi connectivity index (χ0) is 14.4. The maximum atomic E-state index is 11.8. The summed E-state index contributed by atoms with van der Waals surface area (Å²) >= 11 is 1.63. The van der Waals surface area contributed by atoms with Gasteiger partial charge < -0.3 is 5.32 Å². The van der Waals surface area contributed by atoms with Gasteiger partial charge in [0.15, 0.2) is 0 Å². The van der Waals surface area contributed by atoms with Crippen LogP contribution in [0.25, 0.3) is 0 Å². The van der Waals surface area contributed by atoms with Gasteiger partial charge in [-0.3, -0.25) is 0 Å². The van der Waals surface area contributed by atoms with E-state index in [0.717, 1.165) is 23.7 Å². The molecular formula is C13H17N3O2S2. The second-order valence-electron chi connectivity index (χ2n) is 4.13. The predicted octanol–water partition coefficient (Wildman–Crippen LogP) is 2.10. The predicted molar refractivity (Wildman–Crippen MR) is 81.6 cm³/mol. The SMILES string of the molecule is CCNS(=O)(=O)c1ccc(NCCc2nccs2)cc1. The normalized spacial score (nSPS) is 11.4. The molecule has 2 N–H and O–H groups in total. The van der Waals surface area contributed by atoms with Crippen LogP contribution in [0.5, 0.6) is 0 Å². The lowest BCUT2D eigenvalue weighted by Crippen LogP contribution is -2.23. The number of rotatable bonds is 7. The van der Waals surface area contributed by atoms with Crippen LogP contribution in [0, 0.1) is 0 Å². The van der Waals surface area contributed by atoms with Crippen LogP contribution < -0.4 is 10.0 Å². The van der Waals surface area contributed by atoms with Gasteiger partial charge in [-0.05, 0) is 24.3 Å². The first kappa shape index (κ1) is 15.0. The highest BCUT2D eigenvalue weighted by atomic mass is 32.2. The molecule has 0 spiro atoms. The Hall–Kier alpha value is -1.44. The molecule has 0 aliphatic heterocycles.